The Bertz CT molecular complexity index is 497. The van der Waals surface area contributed by atoms with Crippen molar-refractivity contribution in [3.63, 3.8) is 0 Å². The first-order valence-corrected chi connectivity index (χ1v) is 6.92. The van der Waals surface area contributed by atoms with Crippen molar-refractivity contribution in [3.8, 4) is 0 Å². The lowest BCUT2D eigenvalue weighted by Crippen LogP contribution is -2.06. The molecule has 1 atom stereocenters. The molecule has 0 saturated heterocycles. The Morgan fingerprint density at radius 3 is 2.44 bits per heavy atom. The van der Waals surface area contributed by atoms with Crippen LogP contribution in [0.4, 0.5) is 0 Å². The van der Waals surface area contributed by atoms with Crippen LogP contribution in [-0.2, 0) is 10.1 Å². The van der Waals surface area contributed by atoms with Crippen molar-refractivity contribution in [2.75, 3.05) is 5.88 Å². The Balaban J connectivity index is 3.51. The number of halogens is 2. The zero-order chi connectivity index (χ0) is 12.5. The zero-order valence-corrected chi connectivity index (χ0v) is 11.2. The number of alkyl halides is 1. The zero-order valence-electron chi connectivity index (χ0n) is 8.83. The van der Waals surface area contributed by atoms with Gasteiger partial charge >= 0.3 is 0 Å². The second-order valence-corrected chi connectivity index (χ2v) is 5.65. The molecule has 1 aromatic rings. The molecule has 0 N–H and O–H groups in total. The average molecular weight is 282 g/mol. The summed E-state index contributed by atoms with van der Waals surface area (Å²) in [6, 6.07) is 2.79. The van der Waals surface area contributed by atoms with Gasteiger partial charge in [0.15, 0.2) is 0 Å². The highest BCUT2D eigenvalue weighted by molar-refractivity contribution is 7.85. The minimum atomic E-state index is -4.54. The summed E-state index contributed by atoms with van der Waals surface area (Å²) in [5.74, 6) is 0.207. The van der Waals surface area contributed by atoms with Gasteiger partial charge in [-0.25, -0.2) is 8.42 Å². The van der Waals surface area contributed by atoms with E-state index in [1.54, 1.807) is 13.0 Å². The van der Waals surface area contributed by atoms with Crippen molar-refractivity contribution >= 4 is 33.3 Å². The van der Waals surface area contributed by atoms with Crippen LogP contribution in [0, 0.1) is 6.92 Å². The number of hydrogen-bond donors (Lipinski definition) is 0. The average Bonchev–Trinajstić information content (AvgIpc) is 2.15. The molecule has 1 unspecified atom stereocenters. The summed E-state index contributed by atoms with van der Waals surface area (Å²) in [5, 5.41) is -0.0110. The van der Waals surface area contributed by atoms with E-state index >= 15 is 0 Å². The highest BCUT2D eigenvalue weighted by atomic mass is 35.5. The smallest absolute Gasteiger partial charge is 0.125 e. The van der Waals surface area contributed by atoms with Crippen LogP contribution in [-0.4, -0.2) is 18.9 Å². The lowest BCUT2D eigenvalue weighted by Gasteiger charge is -2.18. The summed E-state index contributed by atoms with van der Waals surface area (Å²) < 4.78 is 32.9. The Morgan fingerprint density at radius 2 is 2.00 bits per heavy atom. The van der Waals surface area contributed by atoms with Crippen molar-refractivity contribution in [3.05, 3.63) is 28.3 Å². The Morgan fingerprint density at radius 1 is 1.44 bits per heavy atom. The maximum Gasteiger partial charge on any atom is 0.125 e. The lowest BCUT2D eigenvalue weighted by molar-refractivity contribution is 0.463. The van der Waals surface area contributed by atoms with E-state index in [4.69, 9.17) is 23.2 Å². The Hall–Kier alpha value is -0.290. The van der Waals surface area contributed by atoms with E-state index in [1.165, 1.54) is 6.07 Å². The lowest BCUT2D eigenvalue weighted by atomic mass is 9.98. The van der Waals surface area contributed by atoms with E-state index in [1.807, 2.05) is 6.92 Å². The molecule has 0 spiro atoms. The van der Waals surface area contributed by atoms with Crippen LogP contribution in [0.1, 0.15) is 24.0 Å². The Kier molecular flexibility index (Phi) is 4.23. The molecular formula is C10H11Cl2O3S-. The van der Waals surface area contributed by atoms with Crippen LogP contribution in [0.5, 0.6) is 0 Å². The summed E-state index contributed by atoms with van der Waals surface area (Å²) >= 11 is 11.6. The highest BCUT2D eigenvalue weighted by Gasteiger charge is 2.17. The van der Waals surface area contributed by atoms with E-state index in [0.717, 1.165) is 5.56 Å². The van der Waals surface area contributed by atoms with Gasteiger partial charge in [-0.1, -0.05) is 24.6 Å². The summed E-state index contributed by atoms with van der Waals surface area (Å²) in [6.45, 7) is 3.62. The molecule has 1 aromatic carbocycles. The highest BCUT2D eigenvalue weighted by Crippen LogP contribution is 2.33. The number of hydrogen-bond acceptors (Lipinski definition) is 3. The van der Waals surface area contributed by atoms with Crippen LogP contribution in [0.3, 0.4) is 0 Å². The minimum Gasteiger partial charge on any atom is -0.744 e. The SMILES string of the molecule is Cc1ccc(S(=O)(=O)[O-])c(Cl)c1C(C)CCl. The second-order valence-electron chi connectivity index (χ2n) is 3.62. The van der Waals surface area contributed by atoms with Gasteiger partial charge in [-0.3, -0.25) is 0 Å². The number of benzene rings is 1. The first-order valence-electron chi connectivity index (χ1n) is 4.60. The molecule has 0 aliphatic rings. The van der Waals surface area contributed by atoms with Gasteiger partial charge in [0, 0.05) is 5.88 Å². The molecule has 0 radical (unpaired) electrons. The van der Waals surface area contributed by atoms with Gasteiger partial charge in [-0.15, -0.1) is 11.6 Å². The molecule has 0 heterocycles. The van der Waals surface area contributed by atoms with E-state index in [-0.39, 0.29) is 15.8 Å². The molecule has 0 aliphatic heterocycles. The second kappa shape index (κ2) is 4.92. The van der Waals surface area contributed by atoms with Crippen LogP contribution in [0.2, 0.25) is 5.02 Å². The van der Waals surface area contributed by atoms with Crippen molar-refractivity contribution in [1.29, 1.82) is 0 Å². The first kappa shape index (κ1) is 13.8. The third-order valence-electron chi connectivity index (χ3n) is 2.36. The van der Waals surface area contributed by atoms with Crippen LogP contribution in [0.15, 0.2) is 17.0 Å². The summed E-state index contributed by atoms with van der Waals surface area (Å²) in [7, 11) is -4.54. The molecule has 6 heteroatoms. The third kappa shape index (κ3) is 2.69. The van der Waals surface area contributed by atoms with Crippen molar-refractivity contribution in [2.24, 2.45) is 0 Å². The van der Waals surface area contributed by atoms with Gasteiger partial charge in [0.1, 0.15) is 10.1 Å². The molecule has 16 heavy (non-hydrogen) atoms. The standard InChI is InChI=1S/C10H12Cl2O3S/c1-6-3-4-8(16(13,14)15)10(12)9(6)7(2)5-11/h3-4,7H,5H2,1-2H3,(H,13,14,15)/p-1. The maximum atomic E-state index is 11.0. The quantitative estimate of drug-likeness (QED) is 0.632. The first-order chi connectivity index (χ1) is 7.29. The summed E-state index contributed by atoms with van der Waals surface area (Å²) in [4.78, 5) is -0.383. The summed E-state index contributed by atoms with van der Waals surface area (Å²) in [6.07, 6.45) is 0. The van der Waals surface area contributed by atoms with E-state index < -0.39 is 10.1 Å². The number of aryl methyl sites for hydroxylation is 1. The van der Waals surface area contributed by atoms with Gasteiger partial charge in [0.05, 0.1) is 9.92 Å². The largest absolute Gasteiger partial charge is 0.744 e. The molecule has 90 valence electrons. The number of rotatable bonds is 3. The van der Waals surface area contributed by atoms with Crippen LogP contribution < -0.4 is 0 Å². The normalized spacial score (nSPS) is 13.8. The van der Waals surface area contributed by atoms with Crippen molar-refractivity contribution in [2.45, 2.75) is 24.7 Å². The molecule has 0 saturated carbocycles. The Labute approximate surface area is 105 Å². The molecule has 3 nitrogen and oxygen atoms in total. The molecule has 0 fully saturated rings. The minimum absolute atomic E-state index is 0.0110. The fourth-order valence-corrected chi connectivity index (χ4v) is 2.94. The topological polar surface area (TPSA) is 57.2 Å². The summed E-state index contributed by atoms with van der Waals surface area (Å²) in [5.41, 5.74) is 1.44. The fourth-order valence-electron chi connectivity index (χ4n) is 1.54. The predicted octanol–water partition coefficient (Wildman–Crippen LogP) is 2.89. The van der Waals surface area contributed by atoms with Crippen molar-refractivity contribution < 1.29 is 13.0 Å². The van der Waals surface area contributed by atoms with Gasteiger partial charge in [0.25, 0.3) is 0 Å². The fraction of sp³-hybridized carbons (Fsp3) is 0.400. The van der Waals surface area contributed by atoms with E-state index in [2.05, 4.69) is 0 Å². The van der Waals surface area contributed by atoms with Gasteiger partial charge in [-0.2, -0.15) is 0 Å². The predicted molar refractivity (Wildman–Crippen MR) is 63.3 cm³/mol. The van der Waals surface area contributed by atoms with Gasteiger partial charge in [0.2, 0.25) is 0 Å². The van der Waals surface area contributed by atoms with Gasteiger partial charge < -0.3 is 4.55 Å². The van der Waals surface area contributed by atoms with Crippen molar-refractivity contribution in [1.82, 2.24) is 0 Å². The molecule has 0 aliphatic carbocycles. The molecule has 0 bridgehead atoms. The monoisotopic (exact) mass is 281 g/mol. The van der Waals surface area contributed by atoms with Crippen LogP contribution in [0.25, 0.3) is 0 Å². The molecular weight excluding hydrogens is 271 g/mol. The van der Waals surface area contributed by atoms with E-state index in [0.29, 0.717) is 11.4 Å². The van der Waals surface area contributed by atoms with E-state index in [9.17, 15) is 13.0 Å². The van der Waals surface area contributed by atoms with Gasteiger partial charge in [-0.05, 0) is 30.0 Å². The van der Waals surface area contributed by atoms with Crippen LogP contribution >= 0.6 is 23.2 Å². The molecule has 1 rings (SSSR count). The maximum absolute atomic E-state index is 11.0. The third-order valence-corrected chi connectivity index (χ3v) is 4.22. The molecule has 0 aromatic heterocycles. The molecule has 0 amide bonds.